The van der Waals surface area contributed by atoms with Crippen molar-refractivity contribution in [2.24, 2.45) is 5.92 Å². The highest BCUT2D eigenvalue weighted by atomic mass is 19.1. The quantitative estimate of drug-likeness (QED) is 0.809. The minimum Gasteiger partial charge on any atom is -0.494 e. The monoisotopic (exact) mass is 391 g/mol. The number of carboxylic acid groups (broad SMARTS) is 1. The first kappa shape index (κ1) is 20.1. The van der Waals surface area contributed by atoms with Crippen molar-refractivity contribution in [2.45, 2.75) is 25.8 Å². The van der Waals surface area contributed by atoms with Gasteiger partial charge in [-0.3, -0.25) is 0 Å². The first-order chi connectivity index (χ1) is 13.2. The second-order valence-electron chi connectivity index (χ2n) is 7.81. The van der Waals surface area contributed by atoms with Gasteiger partial charge < -0.3 is 24.2 Å². The van der Waals surface area contributed by atoms with E-state index in [9.17, 15) is 14.3 Å². The van der Waals surface area contributed by atoms with Crippen molar-refractivity contribution in [2.75, 3.05) is 39.2 Å². The largest absolute Gasteiger partial charge is 0.494 e. The number of hydrogen-bond donors (Lipinski definition) is 1. The first-order valence-corrected chi connectivity index (χ1v) is 9.16. The molecule has 0 spiro atoms. The summed E-state index contributed by atoms with van der Waals surface area (Å²) >= 11 is 0. The summed E-state index contributed by atoms with van der Waals surface area (Å²) in [4.78, 5) is 16.1. The molecule has 0 amide bonds. The molecule has 2 aromatic rings. The van der Waals surface area contributed by atoms with Crippen molar-refractivity contribution in [3.63, 3.8) is 0 Å². The van der Waals surface area contributed by atoms with Crippen molar-refractivity contribution < 1.29 is 23.6 Å². The molecule has 1 aromatic carbocycles. The number of likely N-dealkylation sites (tertiary alicyclic amines) is 1. The fraction of sp³-hybridized carbons (Fsp3) is 0.500. The molecule has 1 unspecified atom stereocenters. The van der Waals surface area contributed by atoms with E-state index >= 15 is 0 Å². The predicted molar refractivity (Wildman–Crippen MR) is 103 cm³/mol. The molecule has 0 saturated carbocycles. The van der Waals surface area contributed by atoms with E-state index in [4.69, 9.17) is 9.26 Å². The Balaban J connectivity index is 1.94. The minimum atomic E-state index is -1.15. The number of rotatable bonds is 6. The zero-order chi connectivity index (χ0) is 20.6. The number of aromatic nitrogens is 1. The van der Waals surface area contributed by atoms with Crippen LogP contribution in [0.2, 0.25) is 0 Å². The Kier molecular flexibility index (Phi) is 5.34. The molecule has 1 N–H and O–H groups in total. The minimum absolute atomic E-state index is 0.00847. The normalized spacial score (nSPS) is 19.0. The smallest absolute Gasteiger partial charge is 0.343 e. The van der Waals surface area contributed by atoms with E-state index in [1.54, 1.807) is 0 Å². The molecule has 2 heterocycles. The van der Waals surface area contributed by atoms with Crippen LogP contribution in [0.1, 0.15) is 30.6 Å². The maximum atomic E-state index is 13.7. The van der Waals surface area contributed by atoms with Gasteiger partial charge in [0.2, 0.25) is 0 Å². The standard InChI is InChI=1S/C20H26FN3O4/c1-20(2)13(8-9-24(20)4)11-23(3)18-16(19(25)26)17(28-22-18)12-6-7-14(21)15(10-12)27-5/h6-7,10,13H,8-9,11H2,1-5H3,(H,25,26). The molecule has 1 atom stereocenters. The van der Waals surface area contributed by atoms with Gasteiger partial charge >= 0.3 is 5.97 Å². The Hall–Kier alpha value is -2.61. The lowest BCUT2D eigenvalue weighted by atomic mass is 9.88. The van der Waals surface area contributed by atoms with Crippen LogP contribution in [-0.2, 0) is 0 Å². The molecule has 3 rings (SSSR count). The predicted octanol–water partition coefficient (Wildman–Crippen LogP) is 3.35. The number of carbonyl (C=O) groups is 1. The van der Waals surface area contributed by atoms with Crippen LogP contribution in [-0.4, -0.2) is 61.0 Å². The highest BCUT2D eigenvalue weighted by molar-refractivity contribution is 5.99. The van der Waals surface area contributed by atoms with Crippen LogP contribution in [0, 0.1) is 11.7 Å². The second kappa shape index (κ2) is 7.43. The number of methoxy groups -OCH3 is 1. The zero-order valence-corrected chi connectivity index (χ0v) is 16.8. The van der Waals surface area contributed by atoms with Gasteiger partial charge in [0.1, 0.15) is 0 Å². The van der Waals surface area contributed by atoms with Gasteiger partial charge in [-0.2, -0.15) is 0 Å². The van der Waals surface area contributed by atoms with E-state index in [0.717, 1.165) is 13.0 Å². The van der Waals surface area contributed by atoms with Crippen LogP contribution in [0.3, 0.4) is 0 Å². The van der Waals surface area contributed by atoms with Gasteiger partial charge in [-0.1, -0.05) is 5.16 Å². The van der Waals surface area contributed by atoms with Crippen molar-refractivity contribution >= 4 is 11.8 Å². The lowest BCUT2D eigenvalue weighted by Crippen LogP contribution is -2.44. The number of benzene rings is 1. The highest BCUT2D eigenvalue weighted by Crippen LogP contribution is 2.37. The summed E-state index contributed by atoms with van der Waals surface area (Å²) in [5, 5.41) is 13.8. The number of carboxylic acids is 1. The molecule has 0 radical (unpaired) electrons. The van der Waals surface area contributed by atoms with Crippen molar-refractivity contribution in [3.05, 3.63) is 29.6 Å². The number of anilines is 1. The Labute approximate surface area is 163 Å². The molecule has 28 heavy (non-hydrogen) atoms. The summed E-state index contributed by atoms with van der Waals surface area (Å²) in [5.41, 5.74) is 0.359. The maximum Gasteiger partial charge on any atom is 0.343 e. The molecule has 8 heteroatoms. The number of halogens is 1. The van der Waals surface area contributed by atoms with Crippen LogP contribution < -0.4 is 9.64 Å². The van der Waals surface area contributed by atoms with Gasteiger partial charge in [-0.05, 0) is 58.0 Å². The van der Waals surface area contributed by atoms with E-state index in [0.29, 0.717) is 18.0 Å². The van der Waals surface area contributed by atoms with Gasteiger partial charge in [0.15, 0.2) is 28.7 Å². The Morgan fingerprint density at radius 1 is 1.50 bits per heavy atom. The van der Waals surface area contributed by atoms with Gasteiger partial charge in [0.25, 0.3) is 0 Å². The van der Waals surface area contributed by atoms with Crippen LogP contribution in [0.25, 0.3) is 11.3 Å². The molecule has 1 aromatic heterocycles. The molecule has 0 bridgehead atoms. The SMILES string of the molecule is COc1cc(-c2onc(N(C)CC3CCN(C)C3(C)C)c2C(=O)O)ccc1F. The van der Waals surface area contributed by atoms with Gasteiger partial charge in [-0.25, -0.2) is 9.18 Å². The summed E-state index contributed by atoms with van der Waals surface area (Å²) < 4.78 is 24.1. The average molecular weight is 391 g/mol. The summed E-state index contributed by atoms with van der Waals surface area (Å²) in [5.74, 6) is -0.977. The van der Waals surface area contributed by atoms with E-state index < -0.39 is 11.8 Å². The molecule has 7 nitrogen and oxygen atoms in total. The van der Waals surface area contributed by atoms with Crippen molar-refractivity contribution in [1.29, 1.82) is 0 Å². The molecule has 1 saturated heterocycles. The molecule has 1 aliphatic heterocycles. The third-order valence-electron chi connectivity index (χ3n) is 5.95. The van der Waals surface area contributed by atoms with E-state index in [-0.39, 0.29) is 28.4 Å². The molecular weight excluding hydrogens is 365 g/mol. The number of ether oxygens (including phenoxy) is 1. The lowest BCUT2D eigenvalue weighted by Gasteiger charge is -2.35. The summed E-state index contributed by atoms with van der Waals surface area (Å²) in [7, 11) is 5.26. The topological polar surface area (TPSA) is 79.0 Å². The van der Waals surface area contributed by atoms with Crippen molar-refractivity contribution in [1.82, 2.24) is 10.1 Å². The third-order valence-corrected chi connectivity index (χ3v) is 5.95. The van der Waals surface area contributed by atoms with Crippen LogP contribution in [0.15, 0.2) is 22.7 Å². The average Bonchev–Trinajstić information content (AvgIpc) is 3.19. The van der Waals surface area contributed by atoms with Crippen LogP contribution in [0.5, 0.6) is 5.75 Å². The fourth-order valence-corrected chi connectivity index (χ4v) is 3.77. The molecular formula is C20H26FN3O4. The molecule has 0 aliphatic carbocycles. The molecule has 1 aliphatic rings. The van der Waals surface area contributed by atoms with E-state index in [1.165, 1.54) is 25.3 Å². The summed E-state index contributed by atoms with van der Waals surface area (Å²) in [6, 6.07) is 4.06. The highest BCUT2D eigenvalue weighted by Gasteiger charge is 2.40. The van der Waals surface area contributed by atoms with E-state index in [1.807, 2.05) is 11.9 Å². The first-order valence-electron chi connectivity index (χ1n) is 9.16. The Morgan fingerprint density at radius 3 is 2.79 bits per heavy atom. The van der Waals surface area contributed by atoms with Crippen molar-refractivity contribution in [3.8, 4) is 17.1 Å². The zero-order valence-electron chi connectivity index (χ0n) is 16.8. The Morgan fingerprint density at radius 2 is 2.21 bits per heavy atom. The van der Waals surface area contributed by atoms with Crippen LogP contribution in [0.4, 0.5) is 10.2 Å². The number of hydrogen-bond acceptors (Lipinski definition) is 6. The van der Waals surface area contributed by atoms with Gasteiger partial charge in [-0.15, -0.1) is 0 Å². The lowest BCUT2D eigenvalue weighted by molar-refractivity contribution is 0.0697. The summed E-state index contributed by atoms with van der Waals surface area (Å²) in [6.45, 7) is 6.03. The second-order valence-corrected chi connectivity index (χ2v) is 7.81. The Bertz CT molecular complexity index is 880. The van der Waals surface area contributed by atoms with E-state index in [2.05, 4.69) is 31.0 Å². The number of aromatic carboxylic acids is 1. The molecule has 1 fully saturated rings. The van der Waals surface area contributed by atoms with Gasteiger partial charge in [0, 0.05) is 24.7 Å². The maximum absolute atomic E-state index is 13.7. The third kappa shape index (κ3) is 3.44. The van der Waals surface area contributed by atoms with Crippen LogP contribution >= 0.6 is 0 Å². The summed E-state index contributed by atoms with van der Waals surface area (Å²) in [6.07, 6.45) is 1.02. The fourth-order valence-electron chi connectivity index (χ4n) is 3.77. The molecule has 152 valence electrons. The number of nitrogens with zero attached hydrogens (tertiary/aromatic N) is 3. The van der Waals surface area contributed by atoms with Gasteiger partial charge in [0.05, 0.1) is 7.11 Å².